The molecule has 0 heterocycles. The Balaban J connectivity index is 2.34. The van der Waals surface area contributed by atoms with E-state index >= 15 is 0 Å². The normalized spacial score (nSPS) is 10.9. The van der Waals surface area contributed by atoms with Gasteiger partial charge in [-0.05, 0) is 48.2 Å². The van der Waals surface area contributed by atoms with Crippen LogP contribution < -0.4 is 0 Å². The number of benzene rings is 2. The molecule has 0 fully saturated rings. The third kappa shape index (κ3) is 2.76. The molecule has 2 aromatic rings. The van der Waals surface area contributed by atoms with Gasteiger partial charge in [-0.1, -0.05) is 42.5 Å². The lowest BCUT2D eigenvalue weighted by atomic mass is 10.0. The average Bonchev–Trinajstić information content (AvgIpc) is 2.29. The van der Waals surface area contributed by atoms with Gasteiger partial charge in [-0.3, -0.25) is 0 Å². The number of hydrogen-bond acceptors (Lipinski definition) is 1. The van der Waals surface area contributed by atoms with Gasteiger partial charge >= 0.3 is 0 Å². The van der Waals surface area contributed by atoms with Crippen LogP contribution in [-0.4, -0.2) is 5.11 Å². The molecule has 0 aromatic heterocycles. The lowest BCUT2D eigenvalue weighted by Gasteiger charge is -2.06. The molecule has 0 radical (unpaired) electrons. The first-order chi connectivity index (χ1) is 8.16. The summed E-state index contributed by atoms with van der Waals surface area (Å²) in [6.45, 7) is 4.02. The van der Waals surface area contributed by atoms with E-state index in [4.69, 9.17) is 0 Å². The first kappa shape index (κ1) is 11.5. The van der Waals surface area contributed by atoms with E-state index in [2.05, 4.69) is 24.3 Å². The van der Waals surface area contributed by atoms with Crippen molar-refractivity contribution in [2.45, 2.75) is 13.8 Å². The van der Waals surface area contributed by atoms with E-state index in [-0.39, 0.29) is 0 Å². The Bertz CT molecular complexity index is 516. The van der Waals surface area contributed by atoms with Crippen LogP contribution in [0.1, 0.15) is 22.3 Å². The van der Waals surface area contributed by atoms with Crippen molar-refractivity contribution >= 4 is 12.2 Å². The monoisotopic (exact) mass is 224 g/mol. The van der Waals surface area contributed by atoms with E-state index < -0.39 is 0 Å². The van der Waals surface area contributed by atoms with Crippen molar-refractivity contribution in [1.29, 1.82) is 0 Å². The number of phenols is 1. The highest BCUT2D eigenvalue weighted by Crippen LogP contribution is 2.22. The molecule has 0 aliphatic carbocycles. The summed E-state index contributed by atoms with van der Waals surface area (Å²) in [5.41, 5.74) is 4.54. The molecular formula is C16H16O. The molecule has 0 amide bonds. The highest BCUT2D eigenvalue weighted by Gasteiger charge is 2.01. The van der Waals surface area contributed by atoms with Crippen LogP contribution >= 0.6 is 0 Å². The molecule has 86 valence electrons. The van der Waals surface area contributed by atoms with Crippen LogP contribution in [0.15, 0.2) is 42.5 Å². The van der Waals surface area contributed by atoms with Crippen LogP contribution in [0, 0.1) is 13.8 Å². The summed E-state index contributed by atoms with van der Waals surface area (Å²) in [7, 11) is 0. The van der Waals surface area contributed by atoms with Crippen molar-refractivity contribution in [3.05, 3.63) is 64.7 Å². The molecule has 0 atom stereocenters. The molecule has 1 N–H and O–H groups in total. The van der Waals surface area contributed by atoms with E-state index in [9.17, 15) is 5.11 Å². The second-order valence-electron chi connectivity index (χ2n) is 4.24. The average molecular weight is 224 g/mol. The minimum absolute atomic E-state index is 0.330. The van der Waals surface area contributed by atoms with Crippen LogP contribution in [0.4, 0.5) is 0 Å². The predicted molar refractivity (Wildman–Crippen MR) is 73.0 cm³/mol. The van der Waals surface area contributed by atoms with Crippen LogP contribution in [0.5, 0.6) is 5.75 Å². The van der Waals surface area contributed by atoms with Crippen LogP contribution in [0.2, 0.25) is 0 Å². The number of aromatic hydroxyl groups is 1. The topological polar surface area (TPSA) is 20.2 Å². The van der Waals surface area contributed by atoms with Gasteiger partial charge in [-0.25, -0.2) is 0 Å². The van der Waals surface area contributed by atoms with Gasteiger partial charge in [-0.2, -0.15) is 0 Å². The number of rotatable bonds is 2. The fourth-order valence-corrected chi connectivity index (χ4v) is 1.96. The van der Waals surface area contributed by atoms with Gasteiger partial charge < -0.3 is 5.11 Å². The minimum atomic E-state index is 0.330. The van der Waals surface area contributed by atoms with E-state index in [1.165, 1.54) is 11.1 Å². The summed E-state index contributed by atoms with van der Waals surface area (Å²) in [5, 5.41) is 9.48. The van der Waals surface area contributed by atoms with E-state index in [0.717, 1.165) is 11.1 Å². The van der Waals surface area contributed by atoms with Gasteiger partial charge in [0.15, 0.2) is 0 Å². The zero-order valence-corrected chi connectivity index (χ0v) is 10.1. The SMILES string of the molecule is Cc1cc(O)cc(C)c1/C=C/c1ccccc1. The maximum Gasteiger partial charge on any atom is 0.116 e. The van der Waals surface area contributed by atoms with E-state index in [1.54, 1.807) is 12.1 Å². The number of phenolic OH excluding ortho intramolecular Hbond substituents is 1. The highest BCUT2D eigenvalue weighted by atomic mass is 16.3. The second kappa shape index (κ2) is 4.88. The zero-order valence-electron chi connectivity index (χ0n) is 10.1. The molecule has 0 aliphatic rings. The van der Waals surface area contributed by atoms with Gasteiger partial charge in [0.2, 0.25) is 0 Å². The predicted octanol–water partition coefficient (Wildman–Crippen LogP) is 4.18. The van der Waals surface area contributed by atoms with Crippen LogP contribution in [0.3, 0.4) is 0 Å². The van der Waals surface area contributed by atoms with Crippen LogP contribution in [-0.2, 0) is 0 Å². The van der Waals surface area contributed by atoms with Crippen molar-refractivity contribution < 1.29 is 5.11 Å². The maximum absolute atomic E-state index is 9.48. The Morgan fingerprint density at radius 1 is 0.882 bits per heavy atom. The van der Waals surface area contributed by atoms with Gasteiger partial charge in [0, 0.05) is 0 Å². The molecule has 0 unspecified atom stereocenters. The Labute approximate surface area is 102 Å². The zero-order chi connectivity index (χ0) is 12.3. The molecule has 17 heavy (non-hydrogen) atoms. The second-order valence-corrected chi connectivity index (χ2v) is 4.24. The number of hydrogen-bond donors (Lipinski definition) is 1. The van der Waals surface area contributed by atoms with Gasteiger partial charge in [-0.15, -0.1) is 0 Å². The Hall–Kier alpha value is -2.02. The quantitative estimate of drug-likeness (QED) is 0.759. The van der Waals surface area contributed by atoms with Gasteiger partial charge in [0.25, 0.3) is 0 Å². The first-order valence-electron chi connectivity index (χ1n) is 5.70. The summed E-state index contributed by atoms with van der Waals surface area (Å²) in [6, 6.07) is 13.8. The summed E-state index contributed by atoms with van der Waals surface area (Å²) in [6.07, 6.45) is 4.19. The lowest BCUT2D eigenvalue weighted by molar-refractivity contribution is 0.474. The Morgan fingerprint density at radius 2 is 1.47 bits per heavy atom. The highest BCUT2D eigenvalue weighted by molar-refractivity contribution is 5.73. The van der Waals surface area contributed by atoms with Crippen LogP contribution in [0.25, 0.3) is 12.2 Å². The maximum atomic E-state index is 9.48. The molecule has 0 aliphatic heterocycles. The molecule has 2 rings (SSSR count). The van der Waals surface area contributed by atoms with Crippen molar-refractivity contribution in [1.82, 2.24) is 0 Å². The number of aryl methyl sites for hydroxylation is 2. The van der Waals surface area contributed by atoms with Crippen molar-refractivity contribution in [2.24, 2.45) is 0 Å². The molecule has 1 heteroatoms. The van der Waals surface area contributed by atoms with Crippen molar-refractivity contribution in [3.8, 4) is 5.75 Å². The van der Waals surface area contributed by atoms with E-state index in [0.29, 0.717) is 5.75 Å². The molecule has 0 saturated heterocycles. The molecule has 2 aromatic carbocycles. The molecular weight excluding hydrogens is 208 g/mol. The summed E-state index contributed by atoms with van der Waals surface area (Å²) in [5.74, 6) is 0.330. The van der Waals surface area contributed by atoms with Gasteiger partial charge in [0.1, 0.15) is 5.75 Å². The van der Waals surface area contributed by atoms with Gasteiger partial charge in [0.05, 0.1) is 0 Å². The Morgan fingerprint density at radius 3 is 2.06 bits per heavy atom. The molecule has 0 bridgehead atoms. The lowest BCUT2D eigenvalue weighted by Crippen LogP contribution is -1.85. The first-order valence-corrected chi connectivity index (χ1v) is 5.70. The Kier molecular flexibility index (Phi) is 3.29. The molecule has 0 spiro atoms. The fourth-order valence-electron chi connectivity index (χ4n) is 1.96. The third-order valence-electron chi connectivity index (χ3n) is 2.82. The summed E-state index contributed by atoms with van der Waals surface area (Å²) < 4.78 is 0. The fraction of sp³-hybridized carbons (Fsp3) is 0.125. The molecule has 1 nitrogen and oxygen atoms in total. The standard InChI is InChI=1S/C16H16O/c1-12-10-15(17)11-13(2)16(12)9-8-14-6-4-3-5-7-14/h3-11,17H,1-2H3/b9-8+. The smallest absolute Gasteiger partial charge is 0.116 e. The third-order valence-corrected chi connectivity index (χ3v) is 2.82. The van der Waals surface area contributed by atoms with Crippen molar-refractivity contribution in [3.63, 3.8) is 0 Å². The summed E-state index contributed by atoms with van der Waals surface area (Å²) in [4.78, 5) is 0. The largest absolute Gasteiger partial charge is 0.508 e. The molecule has 0 saturated carbocycles. The van der Waals surface area contributed by atoms with E-state index in [1.807, 2.05) is 32.0 Å². The minimum Gasteiger partial charge on any atom is -0.508 e. The van der Waals surface area contributed by atoms with Crippen molar-refractivity contribution in [2.75, 3.05) is 0 Å². The summed E-state index contributed by atoms with van der Waals surface area (Å²) >= 11 is 0.